The van der Waals surface area contributed by atoms with Gasteiger partial charge < -0.3 is 15.8 Å². The number of nitrogens with zero attached hydrogens (tertiary/aromatic N) is 1. The second kappa shape index (κ2) is 5.55. The number of nitrogens with two attached hydrogens (primary N) is 1. The monoisotopic (exact) mass is 255 g/mol. The number of hydrogen-bond donors (Lipinski definition) is 2. The number of morpholine rings is 1. The Morgan fingerprint density at radius 2 is 2.06 bits per heavy atom. The molecule has 5 nitrogen and oxygen atoms in total. The van der Waals surface area contributed by atoms with Crippen LogP contribution in [0, 0.1) is 0 Å². The molecule has 2 aliphatic rings. The van der Waals surface area contributed by atoms with Gasteiger partial charge in [-0.25, -0.2) is 0 Å². The third kappa shape index (κ3) is 3.02. The minimum atomic E-state index is -0.591. The first-order chi connectivity index (χ1) is 8.53. The summed E-state index contributed by atoms with van der Waals surface area (Å²) in [6, 6.07) is 0. The molecule has 0 aromatic carbocycles. The van der Waals surface area contributed by atoms with Gasteiger partial charge in [-0.2, -0.15) is 0 Å². The van der Waals surface area contributed by atoms with Gasteiger partial charge in [0.15, 0.2) is 0 Å². The van der Waals surface area contributed by atoms with E-state index in [1.54, 1.807) is 0 Å². The molecule has 0 radical (unpaired) electrons. The second-order valence-electron chi connectivity index (χ2n) is 5.69. The van der Waals surface area contributed by atoms with Gasteiger partial charge in [-0.1, -0.05) is 6.92 Å². The van der Waals surface area contributed by atoms with Gasteiger partial charge in [0.2, 0.25) is 5.91 Å². The van der Waals surface area contributed by atoms with Crippen molar-refractivity contribution in [1.29, 1.82) is 0 Å². The van der Waals surface area contributed by atoms with Crippen LogP contribution in [0.5, 0.6) is 0 Å². The smallest absolute Gasteiger partial charge is 0.237 e. The minimum absolute atomic E-state index is 0.263. The molecule has 0 aromatic heterocycles. The summed E-state index contributed by atoms with van der Waals surface area (Å²) in [4.78, 5) is 13.9. The summed E-state index contributed by atoms with van der Waals surface area (Å²) in [7, 11) is 0. The normalized spacial score (nSPS) is 31.2. The number of likely N-dealkylation sites (N-methyl/N-ethyl adjacent to an activating group) is 1. The van der Waals surface area contributed by atoms with Gasteiger partial charge in [-0.05, 0) is 32.7 Å². The molecule has 2 heterocycles. The van der Waals surface area contributed by atoms with Gasteiger partial charge in [-0.3, -0.25) is 9.69 Å². The van der Waals surface area contributed by atoms with Gasteiger partial charge in [0.05, 0.1) is 17.7 Å². The fourth-order valence-corrected chi connectivity index (χ4v) is 2.95. The van der Waals surface area contributed by atoms with E-state index < -0.39 is 5.54 Å². The molecule has 0 aromatic rings. The molecular weight excluding hydrogens is 230 g/mol. The molecule has 3 unspecified atom stereocenters. The molecule has 1 amide bonds. The Labute approximate surface area is 109 Å². The SMILES string of the molecule is CCNC(C)(CCN1CC2CCC(C1)O2)C(N)=O. The zero-order valence-corrected chi connectivity index (χ0v) is 11.4. The van der Waals surface area contributed by atoms with Crippen molar-refractivity contribution < 1.29 is 9.53 Å². The molecule has 0 aliphatic carbocycles. The molecule has 0 spiro atoms. The average Bonchev–Trinajstić information content (AvgIpc) is 2.66. The van der Waals surface area contributed by atoms with Crippen LogP contribution < -0.4 is 11.1 Å². The molecule has 2 fully saturated rings. The van der Waals surface area contributed by atoms with Crippen molar-refractivity contribution >= 4 is 5.91 Å². The standard InChI is InChI=1S/C13H25N3O2/c1-3-15-13(2,12(14)17)6-7-16-8-10-4-5-11(9-16)18-10/h10-11,15H,3-9H2,1-2H3,(H2,14,17). The lowest BCUT2D eigenvalue weighted by atomic mass is 9.96. The van der Waals surface area contributed by atoms with Crippen molar-refractivity contribution in [1.82, 2.24) is 10.2 Å². The Hall–Kier alpha value is -0.650. The summed E-state index contributed by atoms with van der Waals surface area (Å²) >= 11 is 0. The number of likely N-dealkylation sites (tertiary alicyclic amines) is 1. The first-order valence-electron chi connectivity index (χ1n) is 6.96. The third-order valence-electron chi connectivity index (χ3n) is 4.16. The van der Waals surface area contributed by atoms with E-state index >= 15 is 0 Å². The lowest BCUT2D eigenvalue weighted by molar-refractivity contribution is -0.124. The molecule has 5 heteroatoms. The van der Waals surface area contributed by atoms with E-state index in [1.807, 2.05) is 13.8 Å². The molecule has 2 rings (SSSR count). The van der Waals surface area contributed by atoms with E-state index in [2.05, 4.69) is 10.2 Å². The van der Waals surface area contributed by atoms with E-state index in [-0.39, 0.29) is 5.91 Å². The quantitative estimate of drug-likeness (QED) is 0.706. The van der Waals surface area contributed by atoms with Crippen LogP contribution in [0.25, 0.3) is 0 Å². The molecule has 0 saturated carbocycles. The maximum Gasteiger partial charge on any atom is 0.237 e. The Morgan fingerprint density at radius 3 is 2.56 bits per heavy atom. The Morgan fingerprint density at radius 1 is 1.44 bits per heavy atom. The zero-order valence-electron chi connectivity index (χ0n) is 11.4. The molecule has 104 valence electrons. The number of fused-ring (bicyclic) bond motifs is 2. The molecule has 3 atom stereocenters. The van der Waals surface area contributed by atoms with Gasteiger partial charge >= 0.3 is 0 Å². The fraction of sp³-hybridized carbons (Fsp3) is 0.923. The number of carbonyl (C=O) groups excluding carboxylic acids is 1. The maximum absolute atomic E-state index is 11.5. The lowest BCUT2D eigenvalue weighted by Crippen LogP contribution is -2.55. The Balaban J connectivity index is 1.84. The van der Waals surface area contributed by atoms with E-state index in [0.29, 0.717) is 12.2 Å². The number of primary amides is 1. The van der Waals surface area contributed by atoms with E-state index in [9.17, 15) is 4.79 Å². The number of amides is 1. The summed E-state index contributed by atoms with van der Waals surface area (Å²) in [5, 5.41) is 3.20. The zero-order chi connectivity index (χ0) is 13.2. The predicted molar refractivity (Wildman–Crippen MR) is 70.2 cm³/mol. The van der Waals surface area contributed by atoms with Crippen LogP contribution in [0.1, 0.15) is 33.1 Å². The number of ether oxygens (including phenoxy) is 1. The van der Waals surface area contributed by atoms with Crippen LogP contribution in [0.4, 0.5) is 0 Å². The highest BCUT2D eigenvalue weighted by Gasteiger charge is 2.35. The highest BCUT2D eigenvalue weighted by Crippen LogP contribution is 2.26. The van der Waals surface area contributed by atoms with Crippen LogP contribution >= 0.6 is 0 Å². The van der Waals surface area contributed by atoms with Crippen molar-refractivity contribution in [3.8, 4) is 0 Å². The highest BCUT2D eigenvalue weighted by atomic mass is 16.5. The van der Waals surface area contributed by atoms with Crippen LogP contribution in [-0.2, 0) is 9.53 Å². The number of rotatable bonds is 6. The molecule has 2 saturated heterocycles. The predicted octanol–water partition coefficient (Wildman–Crippen LogP) is 0.0932. The van der Waals surface area contributed by atoms with Crippen molar-refractivity contribution in [3.05, 3.63) is 0 Å². The second-order valence-corrected chi connectivity index (χ2v) is 5.69. The number of nitrogens with one attached hydrogen (secondary N) is 1. The molecule has 18 heavy (non-hydrogen) atoms. The van der Waals surface area contributed by atoms with Crippen LogP contribution in [0.3, 0.4) is 0 Å². The summed E-state index contributed by atoms with van der Waals surface area (Å²) in [5.41, 5.74) is 4.90. The van der Waals surface area contributed by atoms with E-state index in [0.717, 1.165) is 32.6 Å². The topological polar surface area (TPSA) is 67.6 Å². The van der Waals surface area contributed by atoms with E-state index in [4.69, 9.17) is 10.5 Å². The third-order valence-corrected chi connectivity index (χ3v) is 4.16. The number of carbonyl (C=O) groups is 1. The van der Waals surface area contributed by atoms with Crippen molar-refractivity contribution in [2.75, 3.05) is 26.2 Å². The summed E-state index contributed by atoms with van der Waals surface area (Å²) in [6.07, 6.45) is 3.93. The van der Waals surface area contributed by atoms with Crippen molar-refractivity contribution in [3.63, 3.8) is 0 Å². The summed E-state index contributed by atoms with van der Waals surface area (Å²) in [6.45, 7) is 7.55. The number of hydrogen-bond acceptors (Lipinski definition) is 4. The average molecular weight is 255 g/mol. The van der Waals surface area contributed by atoms with Gasteiger partial charge in [0, 0.05) is 19.6 Å². The van der Waals surface area contributed by atoms with Crippen molar-refractivity contribution in [2.24, 2.45) is 5.73 Å². The maximum atomic E-state index is 11.5. The molecule has 3 N–H and O–H groups in total. The first kappa shape index (κ1) is 13.8. The Bertz CT molecular complexity index is 299. The van der Waals surface area contributed by atoms with Crippen LogP contribution in [0.2, 0.25) is 0 Å². The van der Waals surface area contributed by atoms with Gasteiger partial charge in [0.25, 0.3) is 0 Å². The fourth-order valence-electron chi connectivity index (χ4n) is 2.95. The van der Waals surface area contributed by atoms with Gasteiger partial charge in [-0.15, -0.1) is 0 Å². The van der Waals surface area contributed by atoms with E-state index in [1.165, 1.54) is 12.8 Å². The van der Waals surface area contributed by atoms with Crippen molar-refractivity contribution in [2.45, 2.75) is 50.9 Å². The Kier molecular flexibility index (Phi) is 4.25. The summed E-state index contributed by atoms with van der Waals surface area (Å²) in [5.74, 6) is -0.263. The first-order valence-corrected chi connectivity index (χ1v) is 6.96. The minimum Gasteiger partial charge on any atom is -0.372 e. The largest absolute Gasteiger partial charge is 0.372 e. The lowest BCUT2D eigenvalue weighted by Gasteiger charge is -2.35. The molecule has 2 aliphatic heterocycles. The molecule has 2 bridgehead atoms. The van der Waals surface area contributed by atoms with Gasteiger partial charge in [0.1, 0.15) is 0 Å². The van der Waals surface area contributed by atoms with Crippen LogP contribution in [-0.4, -0.2) is 54.7 Å². The molecular formula is C13H25N3O2. The highest BCUT2D eigenvalue weighted by molar-refractivity contribution is 5.84. The van der Waals surface area contributed by atoms with Crippen LogP contribution in [0.15, 0.2) is 0 Å². The summed E-state index contributed by atoms with van der Waals surface area (Å²) < 4.78 is 5.81.